The fraction of sp³-hybridized carbons (Fsp3) is 0.533. The number of benzene rings is 1. The maximum atomic E-state index is 13.1. The van der Waals surface area contributed by atoms with E-state index in [9.17, 15) is 9.18 Å². The average molecular weight is 315 g/mol. The Kier molecular flexibility index (Phi) is 5.42. The van der Waals surface area contributed by atoms with Crippen LogP contribution in [0.3, 0.4) is 0 Å². The summed E-state index contributed by atoms with van der Waals surface area (Å²) in [6.45, 7) is 4.66. The van der Waals surface area contributed by atoms with E-state index in [0.29, 0.717) is 24.7 Å². The zero-order valence-corrected chi connectivity index (χ0v) is 12.8. The Morgan fingerprint density at radius 2 is 2.33 bits per heavy atom. The maximum Gasteiger partial charge on any atom is 0.407 e. The minimum absolute atomic E-state index is 0.196. The van der Waals surface area contributed by atoms with Crippen LogP contribution in [-0.4, -0.2) is 46.7 Å². The summed E-state index contributed by atoms with van der Waals surface area (Å²) in [5.41, 5.74) is 0.875. The molecule has 1 atom stereocenters. The number of rotatable bonds is 5. The SMILES string of the molecule is CCCN(Cc1ccc(F)cc1Cl)[C@H]1CCN(C(=O)O)C1. The molecule has 1 saturated heterocycles. The molecule has 1 aliphatic rings. The molecule has 6 heteroatoms. The van der Waals surface area contributed by atoms with Crippen LogP contribution in [0.15, 0.2) is 18.2 Å². The van der Waals surface area contributed by atoms with Crippen molar-refractivity contribution >= 4 is 17.7 Å². The second-order valence-corrected chi connectivity index (χ2v) is 5.78. The molecule has 4 nitrogen and oxygen atoms in total. The van der Waals surface area contributed by atoms with Crippen molar-refractivity contribution in [2.75, 3.05) is 19.6 Å². The summed E-state index contributed by atoms with van der Waals surface area (Å²) >= 11 is 6.09. The Hall–Kier alpha value is -1.33. The molecule has 0 aliphatic carbocycles. The molecule has 1 aromatic rings. The molecule has 21 heavy (non-hydrogen) atoms. The van der Waals surface area contributed by atoms with Crippen LogP contribution in [0.5, 0.6) is 0 Å². The van der Waals surface area contributed by atoms with Gasteiger partial charge in [-0.2, -0.15) is 0 Å². The second kappa shape index (κ2) is 7.09. The van der Waals surface area contributed by atoms with Crippen molar-refractivity contribution in [1.82, 2.24) is 9.80 Å². The van der Waals surface area contributed by atoms with Crippen molar-refractivity contribution in [2.45, 2.75) is 32.4 Å². The van der Waals surface area contributed by atoms with Gasteiger partial charge in [-0.25, -0.2) is 9.18 Å². The van der Waals surface area contributed by atoms with Gasteiger partial charge in [0.15, 0.2) is 0 Å². The number of hydrogen-bond acceptors (Lipinski definition) is 2. The van der Waals surface area contributed by atoms with Gasteiger partial charge in [-0.15, -0.1) is 0 Å². The summed E-state index contributed by atoms with van der Waals surface area (Å²) in [7, 11) is 0. The van der Waals surface area contributed by atoms with Crippen molar-refractivity contribution in [1.29, 1.82) is 0 Å². The first-order valence-corrected chi connectivity index (χ1v) is 7.55. The monoisotopic (exact) mass is 314 g/mol. The molecule has 1 fully saturated rings. The average Bonchev–Trinajstić information content (AvgIpc) is 2.91. The van der Waals surface area contributed by atoms with Crippen LogP contribution in [-0.2, 0) is 6.54 Å². The van der Waals surface area contributed by atoms with Crippen molar-refractivity contribution in [3.8, 4) is 0 Å². The Bertz CT molecular complexity index is 512. The highest BCUT2D eigenvalue weighted by molar-refractivity contribution is 6.31. The normalized spacial score (nSPS) is 18.5. The van der Waals surface area contributed by atoms with E-state index >= 15 is 0 Å². The van der Waals surface area contributed by atoms with Gasteiger partial charge in [0.05, 0.1) is 0 Å². The van der Waals surface area contributed by atoms with Gasteiger partial charge in [0.1, 0.15) is 5.82 Å². The van der Waals surface area contributed by atoms with E-state index in [0.717, 1.165) is 24.9 Å². The molecular weight excluding hydrogens is 295 g/mol. The van der Waals surface area contributed by atoms with Crippen molar-refractivity contribution in [3.05, 3.63) is 34.6 Å². The molecule has 0 radical (unpaired) electrons. The predicted molar refractivity (Wildman–Crippen MR) is 80.1 cm³/mol. The lowest BCUT2D eigenvalue weighted by Gasteiger charge is -2.28. The summed E-state index contributed by atoms with van der Waals surface area (Å²) < 4.78 is 13.1. The Labute approximate surface area is 129 Å². The molecule has 0 spiro atoms. The molecule has 1 amide bonds. The van der Waals surface area contributed by atoms with Gasteiger partial charge in [0.25, 0.3) is 0 Å². The van der Waals surface area contributed by atoms with Crippen LogP contribution in [0.1, 0.15) is 25.3 Å². The molecule has 1 N–H and O–H groups in total. The Morgan fingerprint density at radius 3 is 2.90 bits per heavy atom. The molecule has 0 saturated carbocycles. The van der Waals surface area contributed by atoms with Gasteiger partial charge in [-0.1, -0.05) is 24.6 Å². The summed E-state index contributed by atoms with van der Waals surface area (Å²) in [4.78, 5) is 14.7. The van der Waals surface area contributed by atoms with Crippen LogP contribution in [0.2, 0.25) is 5.02 Å². The van der Waals surface area contributed by atoms with E-state index in [-0.39, 0.29) is 11.9 Å². The van der Waals surface area contributed by atoms with Gasteiger partial charge in [-0.3, -0.25) is 4.90 Å². The minimum Gasteiger partial charge on any atom is -0.465 e. The molecule has 0 unspecified atom stereocenters. The van der Waals surface area contributed by atoms with E-state index in [2.05, 4.69) is 11.8 Å². The molecule has 1 aliphatic heterocycles. The highest BCUT2D eigenvalue weighted by Gasteiger charge is 2.30. The summed E-state index contributed by atoms with van der Waals surface area (Å²) in [5.74, 6) is -0.344. The first-order valence-electron chi connectivity index (χ1n) is 7.17. The van der Waals surface area contributed by atoms with E-state index in [1.54, 1.807) is 6.07 Å². The van der Waals surface area contributed by atoms with Crippen molar-refractivity contribution in [2.24, 2.45) is 0 Å². The van der Waals surface area contributed by atoms with Gasteiger partial charge >= 0.3 is 6.09 Å². The van der Waals surface area contributed by atoms with E-state index in [1.807, 2.05) is 0 Å². The predicted octanol–water partition coefficient (Wildman–Crippen LogP) is 3.44. The Balaban J connectivity index is 2.07. The molecule has 2 rings (SSSR count). The van der Waals surface area contributed by atoms with Crippen LogP contribution in [0.4, 0.5) is 9.18 Å². The van der Waals surface area contributed by atoms with Crippen LogP contribution < -0.4 is 0 Å². The quantitative estimate of drug-likeness (QED) is 0.905. The fourth-order valence-electron chi connectivity index (χ4n) is 2.76. The van der Waals surface area contributed by atoms with Crippen LogP contribution in [0, 0.1) is 5.82 Å². The van der Waals surface area contributed by atoms with E-state index in [1.165, 1.54) is 17.0 Å². The topological polar surface area (TPSA) is 43.8 Å². The Morgan fingerprint density at radius 1 is 1.57 bits per heavy atom. The molecule has 0 aromatic heterocycles. The maximum absolute atomic E-state index is 13.1. The third-order valence-corrected chi connectivity index (χ3v) is 4.20. The van der Waals surface area contributed by atoms with Gasteiger partial charge in [-0.05, 0) is 37.1 Å². The standard InChI is InChI=1S/C15H20ClFN2O2/c1-2-6-18(13-5-7-19(10-13)15(20)21)9-11-3-4-12(17)8-14(11)16/h3-4,8,13H,2,5-7,9-10H2,1H3,(H,20,21)/t13-/m0/s1. The summed E-state index contributed by atoms with van der Waals surface area (Å²) in [6.07, 6.45) is 0.932. The van der Waals surface area contributed by atoms with E-state index < -0.39 is 6.09 Å². The summed E-state index contributed by atoms with van der Waals surface area (Å²) in [5, 5.41) is 9.47. The first kappa shape index (κ1) is 16.0. The van der Waals surface area contributed by atoms with Crippen molar-refractivity contribution in [3.63, 3.8) is 0 Å². The van der Waals surface area contributed by atoms with Crippen LogP contribution >= 0.6 is 11.6 Å². The van der Waals surface area contributed by atoms with Crippen LogP contribution in [0.25, 0.3) is 0 Å². The number of carbonyl (C=O) groups is 1. The lowest BCUT2D eigenvalue weighted by atomic mass is 10.1. The number of nitrogens with zero attached hydrogens (tertiary/aromatic N) is 2. The number of amides is 1. The first-order chi connectivity index (χ1) is 10.0. The smallest absolute Gasteiger partial charge is 0.407 e. The zero-order valence-electron chi connectivity index (χ0n) is 12.1. The highest BCUT2D eigenvalue weighted by atomic mass is 35.5. The zero-order chi connectivity index (χ0) is 15.4. The lowest BCUT2D eigenvalue weighted by Crippen LogP contribution is -2.38. The molecule has 1 heterocycles. The van der Waals surface area contributed by atoms with Gasteiger partial charge in [0, 0.05) is 30.7 Å². The third-order valence-electron chi connectivity index (χ3n) is 3.85. The largest absolute Gasteiger partial charge is 0.465 e. The second-order valence-electron chi connectivity index (χ2n) is 5.38. The third kappa shape index (κ3) is 4.08. The molecular formula is C15H20ClFN2O2. The van der Waals surface area contributed by atoms with Gasteiger partial charge in [0.2, 0.25) is 0 Å². The number of likely N-dealkylation sites (tertiary alicyclic amines) is 1. The molecule has 1 aromatic carbocycles. The van der Waals surface area contributed by atoms with E-state index in [4.69, 9.17) is 16.7 Å². The lowest BCUT2D eigenvalue weighted by molar-refractivity contribution is 0.145. The minimum atomic E-state index is -0.867. The van der Waals surface area contributed by atoms with Crippen molar-refractivity contribution < 1.29 is 14.3 Å². The highest BCUT2D eigenvalue weighted by Crippen LogP contribution is 2.23. The molecule has 116 valence electrons. The number of halogens is 2. The number of hydrogen-bond donors (Lipinski definition) is 1. The van der Waals surface area contributed by atoms with Gasteiger partial charge < -0.3 is 10.0 Å². The molecule has 0 bridgehead atoms. The summed E-state index contributed by atoms with van der Waals surface area (Å²) in [6, 6.07) is 4.62. The fourth-order valence-corrected chi connectivity index (χ4v) is 2.99. The number of carboxylic acid groups (broad SMARTS) is 1.